The van der Waals surface area contributed by atoms with E-state index in [4.69, 9.17) is 5.73 Å². The minimum atomic E-state index is -0.869. The van der Waals surface area contributed by atoms with Crippen LogP contribution in [0.3, 0.4) is 0 Å². The molecule has 16 heavy (non-hydrogen) atoms. The van der Waals surface area contributed by atoms with E-state index < -0.39 is 23.7 Å². The fourth-order valence-electron chi connectivity index (χ4n) is 2.22. The molecule has 1 aromatic heterocycles. The summed E-state index contributed by atoms with van der Waals surface area (Å²) in [5.41, 5.74) is 5.93. The lowest BCUT2D eigenvalue weighted by molar-refractivity contribution is -0.117. The molecule has 6 heteroatoms. The van der Waals surface area contributed by atoms with Crippen molar-refractivity contribution in [1.29, 1.82) is 0 Å². The molecule has 84 valence electrons. The zero-order chi connectivity index (χ0) is 11.4. The average molecular weight is 225 g/mol. The molecule has 0 bridgehead atoms. The van der Waals surface area contributed by atoms with Crippen LogP contribution in [0.2, 0.25) is 0 Å². The van der Waals surface area contributed by atoms with E-state index in [1.54, 1.807) is 0 Å². The van der Waals surface area contributed by atoms with Crippen LogP contribution < -0.4 is 11.1 Å². The van der Waals surface area contributed by atoms with E-state index >= 15 is 0 Å². The van der Waals surface area contributed by atoms with Gasteiger partial charge in [0.2, 0.25) is 11.9 Å². The molecule has 3 rings (SSSR count). The van der Waals surface area contributed by atoms with E-state index in [9.17, 15) is 13.6 Å². The summed E-state index contributed by atoms with van der Waals surface area (Å²) in [5, 5.41) is 2.36. The Morgan fingerprint density at radius 1 is 1.50 bits per heavy atom. The number of nitrogens with one attached hydrogen (secondary N) is 1. The van der Waals surface area contributed by atoms with Gasteiger partial charge in [0.25, 0.3) is 0 Å². The normalized spacial score (nSPS) is 31.2. The molecule has 0 aromatic carbocycles. The van der Waals surface area contributed by atoms with Crippen LogP contribution in [-0.4, -0.2) is 16.9 Å². The molecule has 4 nitrogen and oxygen atoms in total. The fourth-order valence-corrected chi connectivity index (χ4v) is 2.22. The molecule has 0 radical (unpaired) electrons. The number of hydrogen-bond donors (Lipinski definition) is 2. The number of anilines is 1. The summed E-state index contributed by atoms with van der Waals surface area (Å²) < 4.78 is 26.4. The molecule has 0 unspecified atom stereocenters. The molecule has 1 amide bonds. The van der Waals surface area contributed by atoms with Crippen molar-refractivity contribution in [2.24, 2.45) is 11.7 Å². The Morgan fingerprint density at radius 3 is 3.00 bits per heavy atom. The van der Waals surface area contributed by atoms with E-state index in [1.807, 2.05) is 0 Å². The predicted molar refractivity (Wildman–Crippen MR) is 51.6 cm³/mol. The fraction of sp³-hybridized carbons (Fsp3) is 0.400. The summed E-state index contributed by atoms with van der Waals surface area (Å²) in [5.74, 6) is -2.25. The Bertz CT molecular complexity index is 491. The summed E-state index contributed by atoms with van der Waals surface area (Å²) in [7, 11) is 0. The van der Waals surface area contributed by atoms with Gasteiger partial charge in [0.15, 0.2) is 5.82 Å². The van der Waals surface area contributed by atoms with E-state index in [1.165, 1.54) is 0 Å². The van der Waals surface area contributed by atoms with Gasteiger partial charge < -0.3 is 11.1 Å². The number of aromatic nitrogens is 1. The van der Waals surface area contributed by atoms with Crippen LogP contribution in [0.25, 0.3) is 0 Å². The Morgan fingerprint density at radius 2 is 2.25 bits per heavy atom. The number of carbonyl (C=O) groups excluding carboxylic acids is 1. The molecule has 1 aliphatic heterocycles. The molecule has 1 fully saturated rings. The molecule has 0 spiro atoms. The standard InChI is InChI=1S/C10H9F2N3O/c11-5-2-6(12)14-8-4-1-3(4)7(13)10(16)15-9(5)8/h2-4,7H,1,13H2,(H,15,16)/t3-,4+,7-/m0/s1. The monoisotopic (exact) mass is 225 g/mol. The molecular formula is C10H9F2N3O. The number of halogens is 2. The second-order valence-electron chi connectivity index (χ2n) is 4.21. The second-order valence-corrected chi connectivity index (χ2v) is 4.21. The number of hydrogen-bond acceptors (Lipinski definition) is 3. The highest BCUT2D eigenvalue weighted by Gasteiger charge is 2.50. The quantitative estimate of drug-likeness (QED) is 0.640. The molecule has 0 saturated heterocycles. The zero-order valence-electron chi connectivity index (χ0n) is 8.21. The average Bonchev–Trinajstić information content (AvgIpc) is 2.99. The second kappa shape index (κ2) is 2.98. The summed E-state index contributed by atoms with van der Waals surface area (Å²) in [6, 6.07) is -0.00507. The van der Waals surface area contributed by atoms with Crippen LogP contribution in [0.1, 0.15) is 18.0 Å². The lowest BCUT2D eigenvalue weighted by atomic mass is 10.1. The molecule has 2 heterocycles. The maximum Gasteiger partial charge on any atom is 0.241 e. The number of rotatable bonds is 0. The van der Waals surface area contributed by atoms with Crippen LogP contribution in [0.4, 0.5) is 14.5 Å². The van der Waals surface area contributed by atoms with Gasteiger partial charge in [0.1, 0.15) is 0 Å². The molecule has 1 saturated carbocycles. The van der Waals surface area contributed by atoms with Gasteiger partial charge in [-0.15, -0.1) is 0 Å². The number of fused-ring (bicyclic) bond motifs is 3. The maximum absolute atomic E-state index is 13.5. The van der Waals surface area contributed by atoms with Gasteiger partial charge in [-0.2, -0.15) is 4.39 Å². The first kappa shape index (κ1) is 9.65. The molecule has 1 aliphatic carbocycles. The van der Waals surface area contributed by atoms with Gasteiger partial charge in [-0.05, 0) is 12.3 Å². The van der Waals surface area contributed by atoms with Crippen molar-refractivity contribution in [3.63, 3.8) is 0 Å². The van der Waals surface area contributed by atoms with Gasteiger partial charge in [-0.1, -0.05) is 0 Å². The molecule has 1 aromatic rings. The van der Waals surface area contributed by atoms with Crippen LogP contribution >= 0.6 is 0 Å². The van der Waals surface area contributed by atoms with Crippen molar-refractivity contribution in [3.05, 3.63) is 23.5 Å². The van der Waals surface area contributed by atoms with Crippen molar-refractivity contribution in [2.75, 3.05) is 5.32 Å². The Balaban J connectivity index is 2.15. The number of nitrogens with two attached hydrogens (primary N) is 1. The highest BCUT2D eigenvalue weighted by molar-refractivity contribution is 5.97. The predicted octanol–water partition coefficient (Wildman–Crippen LogP) is 0.743. The first-order valence-electron chi connectivity index (χ1n) is 5.00. The summed E-state index contributed by atoms with van der Waals surface area (Å²) in [6.07, 6.45) is 0.664. The van der Waals surface area contributed by atoms with Crippen molar-refractivity contribution in [1.82, 2.24) is 4.98 Å². The third-order valence-corrected chi connectivity index (χ3v) is 3.17. The number of carbonyl (C=O) groups is 1. The third-order valence-electron chi connectivity index (χ3n) is 3.17. The maximum atomic E-state index is 13.5. The van der Waals surface area contributed by atoms with Gasteiger partial charge in [0.05, 0.1) is 17.4 Å². The van der Waals surface area contributed by atoms with E-state index in [-0.39, 0.29) is 23.2 Å². The zero-order valence-corrected chi connectivity index (χ0v) is 8.21. The number of amides is 1. The van der Waals surface area contributed by atoms with Crippen molar-refractivity contribution < 1.29 is 13.6 Å². The van der Waals surface area contributed by atoms with Gasteiger partial charge in [0, 0.05) is 12.0 Å². The Hall–Kier alpha value is -1.56. The molecular weight excluding hydrogens is 216 g/mol. The molecule has 2 aliphatic rings. The van der Waals surface area contributed by atoms with Crippen molar-refractivity contribution in [2.45, 2.75) is 18.4 Å². The minimum absolute atomic E-state index is 0.0214. The molecule has 3 atom stereocenters. The highest BCUT2D eigenvalue weighted by Crippen LogP contribution is 2.52. The SMILES string of the molecule is N[C@@H]1C(=O)Nc2c(F)cc(F)nc2[C@@H]2C[C@H]12. The summed E-state index contributed by atoms with van der Waals surface area (Å²) >= 11 is 0. The van der Waals surface area contributed by atoms with Crippen LogP contribution in [0.5, 0.6) is 0 Å². The van der Waals surface area contributed by atoms with Crippen molar-refractivity contribution in [3.8, 4) is 0 Å². The van der Waals surface area contributed by atoms with Gasteiger partial charge in [-0.25, -0.2) is 9.37 Å². The smallest absolute Gasteiger partial charge is 0.241 e. The third kappa shape index (κ3) is 1.23. The van der Waals surface area contributed by atoms with E-state index in [0.717, 1.165) is 0 Å². The molecule has 3 N–H and O–H groups in total. The first-order chi connectivity index (χ1) is 7.58. The van der Waals surface area contributed by atoms with Crippen LogP contribution in [0.15, 0.2) is 6.07 Å². The van der Waals surface area contributed by atoms with Crippen molar-refractivity contribution >= 4 is 11.6 Å². The highest BCUT2D eigenvalue weighted by atomic mass is 19.1. The lowest BCUT2D eigenvalue weighted by Crippen LogP contribution is -2.36. The largest absolute Gasteiger partial charge is 0.321 e. The van der Waals surface area contributed by atoms with Gasteiger partial charge in [-0.3, -0.25) is 4.79 Å². The first-order valence-corrected chi connectivity index (χ1v) is 5.00. The summed E-state index contributed by atoms with van der Waals surface area (Å²) in [4.78, 5) is 15.2. The number of pyridine rings is 1. The van der Waals surface area contributed by atoms with Crippen LogP contribution in [-0.2, 0) is 4.79 Å². The Kier molecular flexibility index (Phi) is 1.79. The Labute approximate surface area is 89.8 Å². The number of nitrogens with zero attached hydrogens (tertiary/aromatic N) is 1. The van der Waals surface area contributed by atoms with Crippen LogP contribution in [0, 0.1) is 17.7 Å². The lowest BCUT2D eigenvalue weighted by Gasteiger charge is -2.10. The van der Waals surface area contributed by atoms with E-state index in [0.29, 0.717) is 12.5 Å². The summed E-state index contributed by atoms with van der Waals surface area (Å²) in [6.45, 7) is 0. The minimum Gasteiger partial charge on any atom is -0.321 e. The van der Waals surface area contributed by atoms with Gasteiger partial charge >= 0.3 is 0 Å². The topological polar surface area (TPSA) is 68.0 Å². The van der Waals surface area contributed by atoms with E-state index in [2.05, 4.69) is 10.3 Å².